The summed E-state index contributed by atoms with van der Waals surface area (Å²) in [4.78, 5) is 4.40. The number of halogens is 1. The molecular formula is C12H11ClN4O2S2. The van der Waals surface area contributed by atoms with E-state index in [1.54, 1.807) is 32.0 Å². The van der Waals surface area contributed by atoms with E-state index in [-0.39, 0.29) is 4.90 Å². The number of H-pyrrole nitrogens is 1. The second-order valence-corrected chi connectivity index (χ2v) is 7.59. The molecule has 0 unspecified atom stereocenters. The fourth-order valence-electron chi connectivity index (χ4n) is 2.04. The minimum absolute atomic E-state index is 0.153. The van der Waals surface area contributed by atoms with Crippen LogP contribution in [0.3, 0.4) is 0 Å². The van der Waals surface area contributed by atoms with Crippen molar-refractivity contribution in [3.8, 4) is 0 Å². The Morgan fingerprint density at radius 1 is 1.33 bits per heavy atom. The van der Waals surface area contributed by atoms with Crippen molar-refractivity contribution in [3.63, 3.8) is 0 Å². The lowest BCUT2D eigenvalue weighted by atomic mass is 10.3. The number of nitrogens with one attached hydrogen (secondary N) is 2. The summed E-state index contributed by atoms with van der Waals surface area (Å²) in [5, 5.41) is 7.44. The third kappa shape index (κ3) is 2.61. The van der Waals surface area contributed by atoms with E-state index in [2.05, 4.69) is 19.9 Å². The first-order valence-electron chi connectivity index (χ1n) is 5.97. The van der Waals surface area contributed by atoms with Gasteiger partial charge in [0.1, 0.15) is 4.90 Å². The van der Waals surface area contributed by atoms with E-state index < -0.39 is 10.0 Å². The van der Waals surface area contributed by atoms with Gasteiger partial charge < -0.3 is 0 Å². The zero-order chi connectivity index (χ0) is 15.2. The number of sulfonamides is 1. The summed E-state index contributed by atoms with van der Waals surface area (Å²) in [5.74, 6) is 0. The van der Waals surface area contributed by atoms with Crippen molar-refractivity contribution in [2.75, 3.05) is 4.72 Å². The number of aromatic nitrogens is 3. The van der Waals surface area contributed by atoms with Gasteiger partial charge in [0, 0.05) is 5.02 Å². The second-order valence-electron chi connectivity index (χ2n) is 4.50. The standard InChI is InChI=1S/C12H11ClN4O2S2/c1-6-11(7(2)16-15-6)21(18,19)17-12-14-9-4-3-8(13)5-10(9)20-12/h3-5H,1-2H3,(H,14,17)(H,15,16). The third-order valence-corrected chi connectivity index (χ3v) is 5.80. The molecule has 3 rings (SSSR count). The zero-order valence-corrected chi connectivity index (χ0v) is 13.5. The number of rotatable bonds is 3. The largest absolute Gasteiger partial charge is 0.281 e. The minimum Gasteiger partial charge on any atom is -0.281 e. The summed E-state index contributed by atoms with van der Waals surface area (Å²) in [5.41, 5.74) is 1.61. The average molecular weight is 343 g/mol. The SMILES string of the molecule is Cc1n[nH]c(C)c1S(=O)(=O)Nc1nc2ccc(Cl)cc2s1. The Morgan fingerprint density at radius 2 is 2.10 bits per heavy atom. The van der Waals surface area contributed by atoms with Gasteiger partial charge in [-0.1, -0.05) is 22.9 Å². The summed E-state index contributed by atoms with van der Waals surface area (Å²) in [6.07, 6.45) is 0. The molecule has 0 amide bonds. The summed E-state index contributed by atoms with van der Waals surface area (Å²) in [7, 11) is -3.72. The summed E-state index contributed by atoms with van der Waals surface area (Å²) < 4.78 is 28.1. The van der Waals surface area contributed by atoms with Crippen LogP contribution in [0, 0.1) is 13.8 Å². The van der Waals surface area contributed by atoms with Crippen LogP contribution in [0.2, 0.25) is 5.02 Å². The molecule has 9 heteroatoms. The molecule has 0 saturated carbocycles. The third-order valence-electron chi connectivity index (χ3n) is 2.90. The quantitative estimate of drug-likeness (QED) is 0.765. The average Bonchev–Trinajstić information content (AvgIpc) is 2.91. The maximum absolute atomic E-state index is 12.4. The van der Waals surface area contributed by atoms with Crippen molar-refractivity contribution in [1.29, 1.82) is 0 Å². The molecule has 0 bridgehead atoms. The lowest BCUT2D eigenvalue weighted by molar-refractivity contribution is 0.600. The molecule has 21 heavy (non-hydrogen) atoms. The van der Waals surface area contributed by atoms with Gasteiger partial charge in [-0.2, -0.15) is 5.10 Å². The van der Waals surface area contributed by atoms with Crippen molar-refractivity contribution in [1.82, 2.24) is 15.2 Å². The highest BCUT2D eigenvalue weighted by atomic mass is 35.5. The second kappa shape index (κ2) is 4.97. The Kier molecular flexibility index (Phi) is 3.39. The van der Waals surface area contributed by atoms with Gasteiger partial charge in [0.15, 0.2) is 5.13 Å². The number of aromatic amines is 1. The number of fused-ring (bicyclic) bond motifs is 1. The number of thiazole rings is 1. The first-order valence-corrected chi connectivity index (χ1v) is 8.65. The molecule has 3 aromatic rings. The van der Waals surface area contributed by atoms with Crippen molar-refractivity contribution >= 4 is 48.3 Å². The molecule has 6 nitrogen and oxygen atoms in total. The van der Waals surface area contributed by atoms with Crippen LogP contribution < -0.4 is 4.72 Å². The molecule has 0 fully saturated rings. The lowest BCUT2D eigenvalue weighted by Gasteiger charge is -2.04. The van der Waals surface area contributed by atoms with Crippen LogP contribution in [0.15, 0.2) is 23.1 Å². The molecule has 110 valence electrons. The van der Waals surface area contributed by atoms with E-state index in [4.69, 9.17) is 11.6 Å². The van der Waals surface area contributed by atoms with Crippen molar-refractivity contribution in [3.05, 3.63) is 34.6 Å². The van der Waals surface area contributed by atoms with E-state index >= 15 is 0 Å². The van der Waals surface area contributed by atoms with Gasteiger partial charge in [-0.05, 0) is 32.0 Å². The van der Waals surface area contributed by atoms with E-state index in [0.29, 0.717) is 27.1 Å². The maximum Gasteiger partial charge on any atom is 0.267 e. The highest BCUT2D eigenvalue weighted by molar-refractivity contribution is 7.93. The van der Waals surface area contributed by atoms with Crippen LogP contribution in [0.1, 0.15) is 11.4 Å². The lowest BCUT2D eigenvalue weighted by Crippen LogP contribution is -2.14. The number of hydrogen-bond acceptors (Lipinski definition) is 5. The molecule has 0 atom stereocenters. The number of aryl methyl sites for hydroxylation is 2. The molecule has 0 radical (unpaired) electrons. The number of hydrogen-bond donors (Lipinski definition) is 2. The van der Waals surface area contributed by atoms with E-state index in [9.17, 15) is 8.42 Å². The Hall–Kier alpha value is -1.64. The van der Waals surface area contributed by atoms with Gasteiger partial charge >= 0.3 is 0 Å². The molecular weight excluding hydrogens is 332 g/mol. The van der Waals surface area contributed by atoms with Crippen LogP contribution in [-0.4, -0.2) is 23.6 Å². The first-order chi connectivity index (χ1) is 9.87. The minimum atomic E-state index is -3.72. The molecule has 2 aromatic heterocycles. The predicted molar refractivity (Wildman–Crippen MR) is 83.5 cm³/mol. The first kappa shape index (κ1) is 14.3. The molecule has 2 N–H and O–H groups in total. The van der Waals surface area contributed by atoms with Gasteiger partial charge in [-0.15, -0.1) is 0 Å². The summed E-state index contributed by atoms with van der Waals surface area (Å²) in [6, 6.07) is 5.22. The van der Waals surface area contributed by atoms with Crippen LogP contribution >= 0.6 is 22.9 Å². The highest BCUT2D eigenvalue weighted by Crippen LogP contribution is 2.30. The van der Waals surface area contributed by atoms with Crippen molar-refractivity contribution in [2.24, 2.45) is 0 Å². The highest BCUT2D eigenvalue weighted by Gasteiger charge is 2.23. The summed E-state index contributed by atoms with van der Waals surface area (Å²) >= 11 is 7.14. The number of nitrogens with zero attached hydrogens (tertiary/aromatic N) is 2. The summed E-state index contributed by atoms with van der Waals surface area (Å²) in [6.45, 7) is 3.29. The smallest absolute Gasteiger partial charge is 0.267 e. The number of benzene rings is 1. The predicted octanol–water partition coefficient (Wildman–Crippen LogP) is 3.09. The molecule has 0 aliphatic rings. The molecule has 0 aliphatic carbocycles. The fourth-order valence-corrected chi connectivity index (χ4v) is 4.79. The normalized spacial score (nSPS) is 12.0. The van der Waals surface area contributed by atoms with Gasteiger partial charge in [0.25, 0.3) is 10.0 Å². The zero-order valence-electron chi connectivity index (χ0n) is 11.1. The topological polar surface area (TPSA) is 87.7 Å². The maximum atomic E-state index is 12.4. The van der Waals surface area contributed by atoms with Crippen LogP contribution in [0.5, 0.6) is 0 Å². The van der Waals surface area contributed by atoms with Crippen molar-refractivity contribution < 1.29 is 8.42 Å². The molecule has 1 aromatic carbocycles. The Balaban J connectivity index is 2.01. The van der Waals surface area contributed by atoms with Crippen LogP contribution in [-0.2, 0) is 10.0 Å². The molecule has 0 aliphatic heterocycles. The van der Waals surface area contributed by atoms with Gasteiger partial charge in [0.05, 0.1) is 21.6 Å². The van der Waals surface area contributed by atoms with Gasteiger partial charge in [-0.3, -0.25) is 9.82 Å². The molecule has 0 saturated heterocycles. The van der Waals surface area contributed by atoms with Gasteiger partial charge in [0.2, 0.25) is 0 Å². The van der Waals surface area contributed by atoms with Gasteiger partial charge in [-0.25, -0.2) is 13.4 Å². The van der Waals surface area contributed by atoms with Crippen molar-refractivity contribution in [2.45, 2.75) is 18.7 Å². The van der Waals surface area contributed by atoms with Crippen LogP contribution in [0.4, 0.5) is 5.13 Å². The van der Waals surface area contributed by atoms with Crippen LogP contribution in [0.25, 0.3) is 10.2 Å². The van der Waals surface area contributed by atoms with E-state index in [1.807, 2.05) is 0 Å². The Morgan fingerprint density at radius 3 is 2.76 bits per heavy atom. The monoisotopic (exact) mass is 342 g/mol. The molecule has 0 spiro atoms. The Labute approximate surface area is 130 Å². The molecule has 2 heterocycles. The van der Waals surface area contributed by atoms with E-state index in [0.717, 1.165) is 4.70 Å². The Bertz CT molecular complexity index is 911. The number of anilines is 1. The fraction of sp³-hybridized carbons (Fsp3) is 0.167. The van der Waals surface area contributed by atoms with E-state index in [1.165, 1.54) is 11.3 Å².